The third-order valence-corrected chi connectivity index (χ3v) is 8.19. The second-order valence-electron chi connectivity index (χ2n) is 9.17. The zero-order valence-corrected chi connectivity index (χ0v) is 15.7. The molecule has 1 aromatic rings. The summed E-state index contributed by atoms with van der Waals surface area (Å²) in [5.41, 5.74) is 3.13. The maximum atomic E-state index is 12.0. The molecule has 5 atom stereocenters. The second kappa shape index (κ2) is 5.54. The highest BCUT2D eigenvalue weighted by molar-refractivity contribution is 5.88. The molecule has 0 bridgehead atoms. The van der Waals surface area contributed by atoms with Gasteiger partial charge in [-0.05, 0) is 61.7 Å². The van der Waals surface area contributed by atoms with Crippen molar-refractivity contribution in [3.8, 4) is 0 Å². The number of hydrogen-bond donors (Lipinski definition) is 1. The second-order valence-corrected chi connectivity index (χ2v) is 9.17. The van der Waals surface area contributed by atoms with Crippen LogP contribution < -0.4 is 5.32 Å². The molecule has 5 heteroatoms. The van der Waals surface area contributed by atoms with Gasteiger partial charge in [0.1, 0.15) is 0 Å². The van der Waals surface area contributed by atoms with Crippen molar-refractivity contribution in [2.45, 2.75) is 52.4 Å². The molecule has 1 N–H and O–H groups in total. The van der Waals surface area contributed by atoms with E-state index in [0.717, 1.165) is 31.7 Å². The summed E-state index contributed by atoms with van der Waals surface area (Å²) in [5, 5.41) is 11.4. The lowest BCUT2D eigenvalue weighted by Crippen LogP contribution is -2.49. The van der Waals surface area contributed by atoms with Crippen molar-refractivity contribution in [2.75, 3.05) is 6.54 Å². The minimum Gasteiger partial charge on any atom is -0.353 e. The fourth-order valence-electron chi connectivity index (χ4n) is 6.80. The minimum atomic E-state index is 0.110. The van der Waals surface area contributed by atoms with E-state index < -0.39 is 0 Å². The molecule has 0 saturated heterocycles. The number of carbonyl (C=O) groups excluding carboxylic acids is 1. The van der Waals surface area contributed by atoms with Gasteiger partial charge in [0.25, 0.3) is 0 Å². The zero-order chi connectivity index (χ0) is 17.9. The summed E-state index contributed by atoms with van der Waals surface area (Å²) in [6.07, 6.45) is 15.1. The Morgan fingerprint density at radius 3 is 2.88 bits per heavy atom. The van der Waals surface area contributed by atoms with E-state index in [1.54, 1.807) is 6.20 Å². The van der Waals surface area contributed by atoms with Gasteiger partial charge < -0.3 is 5.32 Å². The van der Waals surface area contributed by atoms with E-state index in [2.05, 4.69) is 35.6 Å². The lowest BCUT2D eigenvalue weighted by atomic mass is 9.48. The molecule has 0 radical (unpaired) electrons. The van der Waals surface area contributed by atoms with Crippen LogP contribution in [0.1, 0.15) is 52.4 Å². The van der Waals surface area contributed by atoms with Gasteiger partial charge in [0.15, 0.2) is 0 Å². The van der Waals surface area contributed by atoms with Gasteiger partial charge in [0.2, 0.25) is 5.91 Å². The predicted octanol–water partition coefficient (Wildman–Crippen LogP) is 3.42. The highest BCUT2D eigenvalue weighted by atomic mass is 16.1. The van der Waals surface area contributed by atoms with Crippen molar-refractivity contribution in [1.82, 2.24) is 20.3 Å². The Morgan fingerprint density at radius 1 is 1.19 bits per heavy atom. The molecule has 138 valence electrons. The summed E-state index contributed by atoms with van der Waals surface area (Å²) < 4.78 is 1.99. The first-order valence-electron chi connectivity index (χ1n) is 10.1. The molecule has 26 heavy (non-hydrogen) atoms. The maximum absolute atomic E-state index is 12.0. The molecule has 5 rings (SSSR count). The standard InChI is InChI=1S/C21H28N4O/c1-20-9-10-22-19(26)13-14(20)3-4-15-16-5-6-18(25-12-11-23-24-25)21(16,2)8-7-17(15)20/h6,11-13,15-17H,3-5,7-10H2,1-2H3,(H,22,26)/t15-,16-,17?,20-,21-/m0/s1. The fraction of sp³-hybridized carbons (Fsp3) is 0.667. The minimum absolute atomic E-state index is 0.110. The van der Waals surface area contributed by atoms with Gasteiger partial charge in [-0.2, -0.15) is 0 Å². The maximum Gasteiger partial charge on any atom is 0.243 e. The number of aromatic nitrogens is 3. The van der Waals surface area contributed by atoms with Crippen LogP contribution in [0.5, 0.6) is 0 Å². The SMILES string of the molecule is C[C@]12CCNC(=O)C=C1CC[C@@H]1C2CC[C@]2(C)C(n3ccnn3)=CC[C@@H]12. The van der Waals surface area contributed by atoms with Gasteiger partial charge in [-0.25, -0.2) is 4.68 Å². The highest BCUT2D eigenvalue weighted by Gasteiger charge is 2.57. The van der Waals surface area contributed by atoms with Crippen molar-refractivity contribution >= 4 is 11.6 Å². The number of fused-ring (bicyclic) bond motifs is 5. The number of amides is 1. The van der Waals surface area contributed by atoms with Crippen LogP contribution in [0.15, 0.2) is 30.1 Å². The molecule has 5 nitrogen and oxygen atoms in total. The van der Waals surface area contributed by atoms with E-state index in [9.17, 15) is 4.79 Å². The first kappa shape index (κ1) is 16.3. The summed E-state index contributed by atoms with van der Waals surface area (Å²) >= 11 is 0. The Labute approximate surface area is 154 Å². The van der Waals surface area contributed by atoms with Crippen LogP contribution >= 0.6 is 0 Å². The number of nitrogens with zero attached hydrogens (tertiary/aromatic N) is 3. The third kappa shape index (κ3) is 2.12. The molecule has 2 saturated carbocycles. The topological polar surface area (TPSA) is 59.8 Å². The summed E-state index contributed by atoms with van der Waals surface area (Å²) in [4.78, 5) is 12.0. The zero-order valence-electron chi connectivity index (χ0n) is 15.7. The number of rotatable bonds is 1. The van der Waals surface area contributed by atoms with Crippen LogP contribution in [-0.2, 0) is 4.79 Å². The van der Waals surface area contributed by atoms with E-state index in [0.29, 0.717) is 11.8 Å². The fourth-order valence-corrected chi connectivity index (χ4v) is 6.80. The quantitative estimate of drug-likeness (QED) is 0.842. The van der Waals surface area contributed by atoms with Gasteiger partial charge >= 0.3 is 0 Å². The number of nitrogens with one attached hydrogen (secondary N) is 1. The van der Waals surface area contributed by atoms with Crippen molar-refractivity contribution < 1.29 is 4.79 Å². The van der Waals surface area contributed by atoms with Gasteiger partial charge in [0, 0.05) is 23.7 Å². The number of carbonyl (C=O) groups is 1. The molecule has 1 unspecified atom stereocenters. The molecule has 0 spiro atoms. The Bertz CT molecular complexity index is 795. The molecule has 2 fully saturated rings. The lowest BCUT2D eigenvalue weighted by molar-refractivity contribution is -0.116. The van der Waals surface area contributed by atoms with Crippen molar-refractivity contribution in [1.29, 1.82) is 0 Å². The van der Waals surface area contributed by atoms with Gasteiger partial charge in [0.05, 0.1) is 12.4 Å². The third-order valence-electron chi connectivity index (χ3n) is 8.19. The van der Waals surface area contributed by atoms with Gasteiger partial charge in [-0.15, -0.1) is 5.10 Å². The van der Waals surface area contributed by atoms with Crippen LogP contribution in [0.2, 0.25) is 0 Å². The summed E-state index contributed by atoms with van der Waals surface area (Å²) in [5.74, 6) is 2.22. The molecule has 1 amide bonds. The molecule has 4 aliphatic rings. The molecule has 3 aliphatic carbocycles. The first-order valence-corrected chi connectivity index (χ1v) is 10.1. The summed E-state index contributed by atoms with van der Waals surface area (Å²) in [7, 11) is 0. The van der Waals surface area contributed by atoms with Crippen molar-refractivity contribution in [2.24, 2.45) is 28.6 Å². The van der Waals surface area contributed by atoms with E-state index in [1.807, 2.05) is 17.0 Å². The van der Waals surface area contributed by atoms with Gasteiger partial charge in [-0.1, -0.05) is 30.7 Å². The van der Waals surface area contributed by atoms with Crippen LogP contribution in [0.3, 0.4) is 0 Å². The van der Waals surface area contributed by atoms with E-state index in [4.69, 9.17) is 0 Å². The Balaban J connectivity index is 1.48. The van der Waals surface area contributed by atoms with Crippen LogP contribution in [0.4, 0.5) is 0 Å². The monoisotopic (exact) mass is 352 g/mol. The summed E-state index contributed by atoms with van der Waals surface area (Å²) in [6.45, 7) is 5.68. The van der Waals surface area contributed by atoms with E-state index >= 15 is 0 Å². The Kier molecular flexibility index (Phi) is 3.47. The predicted molar refractivity (Wildman–Crippen MR) is 99.8 cm³/mol. The highest BCUT2D eigenvalue weighted by Crippen LogP contribution is 2.65. The van der Waals surface area contributed by atoms with Crippen LogP contribution in [0, 0.1) is 28.6 Å². The van der Waals surface area contributed by atoms with Crippen LogP contribution in [0.25, 0.3) is 5.70 Å². The molecule has 1 aliphatic heterocycles. The molecular formula is C21H28N4O. The molecular weight excluding hydrogens is 324 g/mol. The number of allylic oxidation sites excluding steroid dienone is 3. The lowest BCUT2D eigenvalue weighted by Gasteiger charge is -2.56. The first-order chi connectivity index (χ1) is 12.5. The summed E-state index contributed by atoms with van der Waals surface area (Å²) in [6, 6.07) is 0. The smallest absolute Gasteiger partial charge is 0.243 e. The largest absolute Gasteiger partial charge is 0.353 e. The molecule has 0 aromatic carbocycles. The van der Waals surface area contributed by atoms with Crippen molar-refractivity contribution in [3.63, 3.8) is 0 Å². The Hall–Kier alpha value is -1.91. The normalized spacial score (nSPS) is 41.9. The van der Waals surface area contributed by atoms with E-state index in [1.165, 1.54) is 30.5 Å². The van der Waals surface area contributed by atoms with E-state index in [-0.39, 0.29) is 16.7 Å². The Morgan fingerprint density at radius 2 is 2.08 bits per heavy atom. The van der Waals surface area contributed by atoms with Gasteiger partial charge in [-0.3, -0.25) is 4.79 Å². The molecule has 1 aromatic heterocycles. The average molecular weight is 352 g/mol. The van der Waals surface area contributed by atoms with Crippen LogP contribution in [-0.4, -0.2) is 27.4 Å². The number of hydrogen-bond acceptors (Lipinski definition) is 3. The molecule has 2 heterocycles. The van der Waals surface area contributed by atoms with Crippen molar-refractivity contribution in [3.05, 3.63) is 30.1 Å². The average Bonchev–Trinajstić information content (AvgIpc) is 3.20.